The summed E-state index contributed by atoms with van der Waals surface area (Å²) in [5.74, 6) is -0.536. The predicted octanol–water partition coefficient (Wildman–Crippen LogP) is 0.928. The van der Waals surface area contributed by atoms with Crippen molar-refractivity contribution in [2.45, 2.75) is 6.92 Å². The first kappa shape index (κ1) is 19.2. The van der Waals surface area contributed by atoms with E-state index < -0.39 is 5.97 Å². The van der Waals surface area contributed by atoms with Crippen LogP contribution in [0.5, 0.6) is 5.75 Å². The average Bonchev–Trinajstić information content (AvgIpc) is 2.38. The van der Waals surface area contributed by atoms with E-state index >= 15 is 0 Å². The smallest absolute Gasteiger partial charge is 0.322 e. The quantitative estimate of drug-likeness (QED) is 0.746. The van der Waals surface area contributed by atoms with Crippen LogP contribution in [0.15, 0.2) is 24.3 Å². The first-order chi connectivity index (χ1) is 9.49. The van der Waals surface area contributed by atoms with Crippen LogP contribution in [0.2, 0.25) is 0 Å². The maximum atomic E-state index is 11.4. The number of aryl methyl sites for hydroxylation is 1. The van der Waals surface area contributed by atoms with Crippen molar-refractivity contribution < 1.29 is 19.4 Å². The van der Waals surface area contributed by atoms with Crippen LogP contribution in [0.1, 0.15) is 5.56 Å². The Bertz CT molecular complexity index is 468. The van der Waals surface area contributed by atoms with E-state index in [4.69, 9.17) is 9.84 Å². The molecule has 0 unspecified atom stereocenters. The lowest BCUT2D eigenvalue weighted by Crippen LogP contribution is -2.38. The summed E-state index contributed by atoms with van der Waals surface area (Å²) in [7, 11) is 1.78. The number of likely N-dealkylation sites (N-methyl/N-ethyl adjacent to an activating group) is 1. The van der Waals surface area contributed by atoms with Crippen molar-refractivity contribution in [1.29, 1.82) is 0 Å². The van der Waals surface area contributed by atoms with Gasteiger partial charge in [0.25, 0.3) is 0 Å². The van der Waals surface area contributed by atoms with Crippen molar-refractivity contribution in [3.8, 4) is 5.75 Å². The highest BCUT2D eigenvalue weighted by Crippen LogP contribution is 2.15. The number of nitrogens with zero attached hydrogens (tertiary/aromatic N) is 1. The topological polar surface area (TPSA) is 78.9 Å². The molecule has 0 bridgehead atoms. The van der Waals surface area contributed by atoms with Crippen LogP contribution < -0.4 is 10.1 Å². The third-order valence-corrected chi connectivity index (χ3v) is 2.67. The van der Waals surface area contributed by atoms with Crippen LogP contribution in [0, 0.1) is 6.92 Å². The summed E-state index contributed by atoms with van der Waals surface area (Å²) in [6.45, 7) is 2.80. The number of carboxylic acid groups (broad SMARTS) is 1. The molecule has 0 fully saturated rings. The second-order valence-electron chi connectivity index (χ2n) is 4.52. The molecule has 0 saturated carbocycles. The van der Waals surface area contributed by atoms with E-state index in [-0.39, 0.29) is 31.4 Å². The van der Waals surface area contributed by atoms with Crippen LogP contribution in [0.3, 0.4) is 0 Å². The number of halogens is 1. The molecule has 0 aromatic heterocycles. The number of nitrogens with one attached hydrogen (secondary N) is 1. The van der Waals surface area contributed by atoms with Crippen LogP contribution in [0.4, 0.5) is 0 Å². The van der Waals surface area contributed by atoms with Crippen LogP contribution >= 0.6 is 12.4 Å². The maximum Gasteiger partial charge on any atom is 0.322 e. The van der Waals surface area contributed by atoms with Gasteiger partial charge in [0.05, 0.1) is 6.54 Å². The third kappa shape index (κ3) is 8.16. The van der Waals surface area contributed by atoms with Crippen molar-refractivity contribution in [1.82, 2.24) is 10.2 Å². The van der Waals surface area contributed by atoms with Crippen molar-refractivity contribution in [2.24, 2.45) is 0 Å². The van der Waals surface area contributed by atoms with Crippen molar-refractivity contribution in [3.05, 3.63) is 29.8 Å². The van der Waals surface area contributed by atoms with E-state index in [2.05, 4.69) is 5.32 Å². The van der Waals surface area contributed by atoms with Gasteiger partial charge in [0.2, 0.25) is 5.91 Å². The Morgan fingerprint density at radius 2 is 2.00 bits per heavy atom. The molecule has 1 amide bonds. The van der Waals surface area contributed by atoms with E-state index in [1.165, 1.54) is 0 Å². The average molecular weight is 317 g/mol. The number of hydrogen-bond donors (Lipinski definition) is 2. The molecule has 0 heterocycles. The summed E-state index contributed by atoms with van der Waals surface area (Å²) in [6.07, 6.45) is 0. The molecule has 0 atom stereocenters. The zero-order valence-electron chi connectivity index (χ0n) is 12.2. The summed E-state index contributed by atoms with van der Waals surface area (Å²) >= 11 is 0. The highest BCUT2D eigenvalue weighted by atomic mass is 35.5. The number of carbonyl (C=O) groups excluding carboxylic acids is 1. The summed E-state index contributed by atoms with van der Waals surface area (Å²) in [5.41, 5.74) is 1.06. The minimum Gasteiger partial charge on any atom is -0.492 e. The van der Waals surface area contributed by atoms with Gasteiger partial charge in [-0.05, 0) is 25.6 Å². The number of rotatable bonds is 8. The van der Waals surface area contributed by atoms with Crippen molar-refractivity contribution >= 4 is 24.3 Å². The Kier molecular flexibility index (Phi) is 9.16. The SMILES string of the molecule is Cc1ccccc1OCCN(C)CC(=O)NCC(=O)O.Cl. The summed E-state index contributed by atoms with van der Waals surface area (Å²) in [5, 5.41) is 10.8. The van der Waals surface area contributed by atoms with Gasteiger partial charge in [0, 0.05) is 6.54 Å². The monoisotopic (exact) mass is 316 g/mol. The molecule has 6 nitrogen and oxygen atoms in total. The number of ether oxygens (including phenoxy) is 1. The van der Waals surface area contributed by atoms with Gasteiger partial charge in [0.1, 0.15) is 18.9 Å². The summed E-state index contributed by atoms with van der Waals surface area (Å²) in [6, 6.07) is 7.72. The Morgan fingerprint density at radius 1 is 1.33 bits per heavy atom. The highest BCUT2D eigenvalue weighted by Gasteiger charge is 2.08. The highest BCUT2D eigenvalue weighted by molar-refractivity contribution is 5.85. The molecule has 118 valence electrons. The molecule has 0 saturated heterocycles. The number of hydrogen-bond acceptors (Lipinski definition) is 4. The standard InChI is InChI=1S/C14H20N2O4.ClH/c1-11-5-3-4-6-12(11)20-8-7-16(2)10-13(17)15-9-14(18)19;/h3-6H,7-10H2,1-2H3,(H,15,17)(H,18,19);1H. The number of benzene rings is 1. The van der Waals surface area contributed by atoms with Gasteiger partial charge in [-0.25, -0.2) is 0 Å². The van der Waals surface area contributed by atoms with Gasteiger partial charge in [-0.15, -0.1) is 12.4 Å². The second kappa shape index (κ2) is 10.0. The molecule has 0 aliphatic rings. The van der Waals surface area contributed by atoms with Gasteiger partial charge in [-0.3, -0.25) is 14.5 Å². The molecule has 0 spiro atoms. The minimum atomic E-state index is -1.05. The van der Waals surface area contributed by atoms with Crippen LogP contribution in [0.25, 0.3) is 0 Å². The van der Waals surface area contributed by atoms with E-state index in [0.29, 0.717) is 13.2 Å². The normalized spacial score (nSPS) is 9.86. The number of para-hydroxylation sites is 1. The van der Waals surface area contributed by atoms with Crippen LogP contribution in [-0.4, -0.2) is 55.2 Å². The summed E-state index contributed by atoms with van der Waals surface area (Å²) < 4.78 is 5.62. The number of amides is 1. The third-order valence-electron chi connectivity index (χ3n) is 2.67. The van der Waals surface area contributed by atoms with Gasteiger partial charge in [-0.2, -0.15) is 0 Å². The fourth-order valence-electron chi connectivity index (χ4n) is 1.58. The van der Waals surface area contributed by atoms with Gasteiger partial charge < -0.3 is 15.2 Å². The number of carbonyl (C=O) groups is 2. The molecule has 1 aromatic rings. The molecule has 1 aromatic carbocycles. The Balaban J connectivity index is 0.00000400. The number of aliphatic carboxylic acids is 1. The molecular formula is C14H21ClN2O4. The molecular weight excluding hydrogens is 296 g/mol. The van der Waals surface area contributed by atoms with Gasteiger partial charge >= 0.3 is 5.97 Å². The molecule has 0 aliphatic carbocycles. The van der Waals surface area contributed by atoms with Crippen LogP contribution in [-0.2, 0) is 9.59 Å². The first-order valence-electron chi connectivity index (χ1n) is 6.34. The summed E-state index contributed by atoms with van der Waals surface area (Å²) in [4.78, 5) is 23.5. The molecule has 1 rings (SSSR count). The number of carboxylic acids is 1. The predicted molar refractivity (Wildman–Crippen MR) is 82.1 cm³/mol. The molecule has 21 heavy (non-hydrogen) atoms. The fourth-order valence-corrected chi connectivity index (χ4v) is 1.58. The van der Waals surface area contributed by atoms with E-state index in [1.54, 1.807) is 11.9 Å². The zero-order chi connectivity index (χ0) is 15.0. The van der Waals surface area contributed by atoms with Gasteiger partial charge in [-0.1, -0.05) is 18.2 Å². The van der Waals surface area contributed by atoms with Crippen molar-refractivity contribution in [2.75, 3.05) is 33.3 Å². The molecule has 0 radical (unpaired) electrons. The van der Waals surface area contributed by atoms with E-state index in [1.807, 2.05) is 31.2 Å². The Morgan fingerprint density at radius 3 is 2.62 bits per heavy atom. The zero-order valence-corrected chi connectivity index (χ0v) is 13.0. The lowest BCUT2D eigenvalue weighted by atomic mass is 10.2. The van der Waals surface area contributed by atoms with E-state index in [9.17, 15) is 9.59 Å². The fraction of sp³-hybridized carbons (Fsp3) is 0.429. The minimum absolute atomic E-state index is 0. The largest absolute Gasteiger partial charge is 0.492 e. The maximum absolute atomic E-state index is 11.4. The van der Waals surface area contributed by atoms with E-state index in [0.717, 1.165) is 11.3 Å². The molecule has 0 aliphatic heterocycles. The van der Waals surface area contributed by atoms with Crippen molar-refractivity contribution in [3.63, 3.8) is 0 Å². The Hall–Kier alpha value is -1.79. The molecule has 7 heteroatoms. The second-order valence-corrected chi connectivity index (χ2v) is 4.52. The van der Waals surface area contributed by atoms with Gasteiger partial charge in [0.15, 0.2) is 0 Å². The molecule has 2 N–H and O–H groups in total. The Labute approximate surface area is 130 Å². The first-order valence-corrected chi connectivity index (χ1v) is 6.34. The lowest BCUT2D eigenvalue weighted by Gasteiger charge is -2.16. The lowest BCUT2D eigenvalue weighted by molar-refractivity contribution is -0.138.